The van der Waals surface area contributed by atoms with Crippen LogP contribution in [-0.2, 0) is 11.2 Å². The third-order valence-corrected chi connectivity index (χ3v) is 2.74. The molecular weight excluding hydrogens is 204 g/mol. The lowest BCUT2D eigenvalue weighted by molar-refractivity contribution is -0.109. The fourth-order valence-corrected chi connectivity index (χ4v) is 1.98. The topological polar surface area (TPSA) is 80.2 Å². The third-order valence-electron chi connectivity index (χ3n) is 2.74. The van der Waals surface area contributed by atoms with Crippen molar-refractivity contribution >= 4 is 18.3 Å². The minimum absolute atomic E-state index is 0.0526. The Bertz CT molecular complexity index is 453. The summed E-state index contributed by atoms with van der Waals surface area (Å²) in [5.41, 5.74) is 3.11. The molecule has 5 nitrogen and oxygen atoms in total. The summed E-state index contributed by atoms with van der Waals surface area (Å²) in [5, 5.41) is 6.52. The Balaban J connectivity index is 2.24. The Morgan fingerprint density at radius 2 is 2.31 bits per heavy atom. The summed E-state index contributed by atoms with van der Waals surface area (Å²) in [5.74, 6) is 4.90. The van der Waals surface area contributed by atoms with Crippen LogP contribution in [0.3, 0.4) is 0 Å². The number of carbonyl (C=O) groups is 1. The van der Waals surface area contributed by atoms with E-state index >= 15 is 0 Å². The highest BCUT2D eigenvalue weighted by Crippen LogP contribution is 2.33. The number of nitrogens with two attached hydrogens (primary N) is 1. The maximum absolute atomic E-state index is 10.8. The van der Waals surface area contributed by atoms with Crippen molar-refractivity contribution in [3.8, 4) is 0 Å². The van der Waals surface area contributed by atoms with E-state index < -0.39 is 0 Å². The lowest BCUT2D eigenvalue weighted by atomic mass is 10.0. The third kappa shape index (κ3) is 1.98. The SMILES string of the molecule is NN=NC=Nc1ccc2c(c1)CCC2C=O. The summed E-state index contributed by atoms with van der Waals surface area (Å²) in [6.45, 7) is 0. The van der Waals surface area contributed by atoms with Gasteiger partial charge in [-0.3, -0.25) is 0 Å². The summed E-state index contributed by atoms with van der Waals surface area (Å²) < 4.78 is 0. The van der Waals surface area contributed by atoms with Crippen molar-refractivity contribution in [1.29, 1.82) is 0 Å². The van der Waals surface area contributed by atoms with Gasteiger partial charge in [-0.05, 0) is 36.1 Å². The number of hydrogen-bond donors (Lipinski definition) is 1. The van der Waals surface area contributed by atoms with Gasteiger partial charge in [-0.15, -0.1) is 5.11 Å². The number of hydrogen-bond acceptors (Lipinski definition) is 3. The van der Waals surface area contributed by atoms with Gasteiger partial charge in [0.05, 0.1) is 5.69 Å². The van der Waals surface area contributed by atoms with E-state index in [4.69, 9.17) is 5.84 Å². The molecule has 1 aromatic rings. The highest BCUT2D eigenvalue weighted by atomic mass is 16.1. The van der Waals surface area contributed by atoms with Gasteiger partial charge in [0.25, 0.3) is 0 Å². The molecule has 0 saturated heterocycles. The van der Waals surface area contributed by atoms with Crippen LogP contribution in [0.4, 0.5) is 5.69 Å². The largest absolute Gasteiger partial charge is 0.305 e. The summed E-state index contributed by atoms with van der Waals surface area (Å²) in [6.07, 6.45) is 4.14. The molecular formula is C11H12N4O. The van der Waals surface area contributed by atoms with E-state index in [9.17, 15) is 4.79 Å². The average Bonchev–Trinajstić information content (AvgIpc) is 2.71. The molecule has 1 aliphatic rings. The van der Waals surface area contributed by atoms with Gasteiger partial charge in [-0.25, -0.2) is 4.99 Å². The van der Waals surface area contributed by atoms with Gasteiger partial charge in [0.1, 0.15) is 12.6 Å². The molecule has 2 N–H and O–H groups in total. The molecule has 0 spiro atoms. The van der Waals surface area contributed by atoms with Crippen LogP contribution in [0.15, 0.2) is 33.5 Å². The molecule has 16 heavy (non-hydrogen) atoms. The molecule has 82 valence electrons. The van der Waals surface area contributed by atoms with Crippen LogP contribution >= 0.6 is 0 Å². The Labute approximate surface area is 93.1 Å². The molecule has 0 aromatic heterocycles. The molecule has 0 amide bonds. The molecule has 0 fully saturated rings. The number of rotatable bonds is 3. The van der Waals surface area contributed by atoms with Crippen LogP contribution in [0, 0.1) is 0 Å². The minimum Gasteiger partial charge on any atom is -0.305 e. The summed E-state index contributed by atoms with van der Waals surface area (Å²) >= 11 is 0. The fraction of sp³-hybridized carbons (Fsp3) is 0.273. The standard InChI is InChI=1S/C11H12N4O/c12-15-14-7-13-10-3-4-11-8(5-10)1-2-9(11)6-16/h3-7,9H,1-2H2,(H2,12,13,14). The van der Waals surface area contributed by atoms with E-state index in [-0.39, 0.29) is 5.92 Å². The van der Waals surface area contributed by atoms with Gasteiger partial charge in [0.2, 0.25) is 0 Å². The highest BCUT2D eigenvalue weighted by Gasteiger charge is 2.21. The molecule has 2 rings (SSSR count). The predicted molar refractivity (Wildman–Crippen MR) is 60.8 cm³/mol. The zero-order chi connectivity index (χ0) is 11.4. The van der Waals surface area contributed by atoms with Crippen molar-refractivity contribution in [2.45, 2.75) is 18.8 Å². The Morgan fingerprint density at radius 3 is 3.06 bits per heavy atom. The van der Waals surface area contributed by atoms with Gasteiger partial charge in [-0.2, -0.15) is 0 Å². The van der Waals surface area contributed by atoms with Crippen LogP contribution in [0.2, 0.25) is 0 Å². The first-order valence-corrected chi connectivity index (χ1v) is 5.06. The fourth-order valence-electron chi connectivity index (χ4n) is 1.98. The number of benzene rings is 1. The van der Waals surface area contributed by atoms with Crippen molar-refractivity contribution in [3.05, 3.63) is 29.3 Å². The molecule has 0 bridgehead atoms. The van der Waals surface area contributed by atoms with E-state index in [1.54, 1.807) is 0 Å². The number of aliphatic imine (C=N–C) groups is 1. The molecule has 0 radical (unpaired) electrons. The quantitative estimate of drug-likeness (QED) is 0.209. The molecule has 1 aliphatic carbocycles. The van der Waals surface area contributed by atoms with E-state index in [0.29, 0.717) is 0 Å². The van der Waals surface area contributed by atoms with E-state index in [1.807, 2.05) is 18.2 Å². The summed E-state index contributed by atoms with van der Waals surface area (Å²) in [6, 6.07) is 5.79. The van der Waals surface area contributed by atoms with E-state index in [1.165, 1.54) is 11.9 Å². The molecule has 0 heterocycles. The predicted octanol–water partition coefficient (Wildman–Crippen LogP) is 1.90. The molecule has 0 aliphatic heterocycles. The zero-order valence-corrected chi connectivity index (χ0v) is 8.71. The van der Waals surface area contributed by atoms with Gasteiger partial charge < -0.3 is 10.6 Å². The molecule has 1 atom stereocenters. The second kappa shape index (κ2) is 4.65. The number of aryl methyl sites for hydroxylation is 1. The number of fused-ring (bicyclic) bond motifs is 1. The van der Waals surface area contributed by atoms with Gasteiger partial charge >= 0.3 is 0 Å². The van der Waals surface area contributed by atoms with Crippen LogP contribution in [0.1, 0.15) is 23.5 Å². The minimum atomic E-state index is 0.0526. The van der Waals surface area contributed by atoms with Crippen molar-refractivity contribution in [3.63, 3.8) is 0 Å². The Kier molecular flexibility index (Phi) is 3.05. The van der Waals surface area contributed by atoms with Crippen LogP contribution in [-0.4, -0.2) is 12.6 Å². The molecule has 0 saturated carbocycles. The smallest absolute Gasteiger partial charge is 0.140 e. The highest BCUT2D eigenvalue weighted by molar-refractivity contribution is 5.67. The first-order valence-electron chi connectivity index (χ1n) is 5.06. The lowest BCUT2D eigenvalue weighted by Gasteiger charge is -2.03. The summed E-state index contributed by atoms with van der Waals surface area (Å²) in [7, 11) is 0. The normalized spacial score (nSPS) is 19.4. The van der Waals surface area contributed by atoms with E-state index in [0.717, 1.165) is 30.4 Å². The van der Waals surface area contributed by atoms with Gasteiger partial charge in [0.15, 0.2) is 0 Å². The average molecular weight is 216 g/mol. The second-order valence-electron chi connectivity index (χ2n) is 3.64. The molecule has 5 heteroatoms. The van der Waals surface area contributed by atoms with Gasteiger partial charge in [-0.1, -0.05) is 11.3 Å². The number of aldehydes is 1. The van der Waals surface area contributed by atoms with Crippen LogP contribution < -0.4 is 5.84 Å². The van der Waals surface area contributed by atoms with Crippen LogP contribution in [0.5, 0.6) is 0 Å². The first kappa shape index (κ1) is 10.5. The maximum Gasteiger partial charge on any atom is 0.140 e. The van der Waals surface area contributed by atoms with Gasteiger partial charge in [0, 0.05) is 5.92 Å². The second-order valence-corrected chi connectivity index (χ2v) is 3.64. The van der Waals surface area contributed by atoms with Crippen molar-refractivity contribution in [2.75, 3.05) is 0 Å². The Hall–Kier alpha value is -2.04. The van der Waals surface area contributed by atoms with E-state index in [2.05, 4.69) is 15.3 Å². The van der Waals surface area contributed by atoms with Crippen molar-refractivity contribution in [1.82, 2.24) is 0 Å². The molecule has 1 aromatic carbocycles. The number of carbonyl (C=O) groups excluding carboxylic acids is 1. The Morgan fingerprint density at radius 1 is 1.44 bits per heavy atom. The first-order chi connectivity index (χ1) is 7.85. The van der Waals surface area contributed by atoms with Crippen molar-refractivity contribution in [2.24, 2.45) is 21.2 Å². The maximum atomic E-state index is 10.8. The lowest BCUT2D eigenvalue weighted by Crippen LogP contribution is -1.92. The van der Waals surface area contributed by atoms with Crippen molar-refractivity contribution < 1.29 is 4.79 Å². The monoisotopic (exact) mass is 216 g/mol. The summed E-state index contributed by atoms with van der Waals surface area (Å²) in [4.78, 5) is 14.9. The zero-order valence-electron chi connectivity index (χ0n) is 8.71. The number of nitrogens with zero attached hydrogens (tertiary/aromatic N) is 3. The van der Waals surface area contributed by atoms with Crippen LogP contribution in [0.25, 0.3) is 0 Å². The molecule has 1 unspecified atom stereocenters.